The van der Waals surface area contributed by atoms with E-state index in [1.165, 1.54) is 12.4 Å². The number of fused-ring (bicyclic) bond motifs is 1. The molecule has 0 N–H and O–H groups in total. The van der Waals surface area contributed by atoms with Crippen molar-refractivity contribution in [2.24, 2.45) is 0 Å². The standard InChI is InChI=1S/C14H10F2N2OS/c1-2-9-6-10-13(17-7-18-14(10)20-9)19-8-3-4-11(15)12(16)5-8/h3-7H,2H2,1H3. The predicted octanol–water partition coefficient (Wildman–Crippen LogP) is 4.32. The minimum absolute atomic E-state index is 0.202. The molecule has 3 nitrogen and oxygen atoms in total. The first-order valence-electron chi connectivity index (χ1n) is 6.03. The van der Waals surface area contributed by atoms with Gasteiger partial charge in [-0.15, -0.1) is 11.3 Å². The average molecular weight is 292 g/mol. The van der Waals surface area contributed by atoms with Gasteiger partial charge in [0.05, 0.1) is 5.39 Å². The summed E-state index contributed by atoms with van der Waals surface area (Å²) in [7, 11) is 0. The van der Waals surface area contributed by atoms with Crippen molar-refractivity contribution in [3.63, 3.8) is 0 Å². The number of aromatic nitrogens is 2. The van der Waals surface area contributed by atoms with Crippen LogP contribution in [0.25, 0.3) is 10.2 Å². The van der Waals surface area contributed by atoms with Crippen molar-refractivity contribution in [1.29, 1.82) is 0 Å². The van der Waals surface area contributed by atoms with E-state index in [0.717, 1.165) is 33.6 Å². The van der Waals surface area contributed by atoms with Crippen LogP contribution in [0.15, 0.2) is 30.6 Å². The fourth-order valence-corrected chi connectivity index (χ4v) is 2.72. The van der Waals surface area contributed by atoms with Gasteiger partial charge in [-0.25, -0.2) is 18.7 Å². The maximum atomic E-state index is 13.2. The van der Waals surface area contributed by atoms with E-state index in [1.807, 2.05) is 13.0 Å². The number of benzene rings is 1. The topological polar surface area (TPSA) is 35.0 Å². The SMILES string of the molecule is CCc1cc2c(Oc3ccc(F)c(F)c3)ncnc2s1. The van der Waals surface area contributed by atoms with Crippen molar-refractivity contribution in [3.8, 4) is 11.6 Å². The molecule has 6 heteroatoms. The van der Waals surface area contributed by atoms with E-state index in [9.17, 15) is 8.78 Å². The molecule has 0 saturated heterocycles. The van der Waals surface area contributed by atoms with Gasteiger partial charge in [-0.05, 0) is 24.6 Å². The highest BCUT2D eigenvalue weighted by atomic mass is 32.1. The summed E-state index contributed by atoms with van der Waals surface area (Å²) in [6.07, 6.45) is 2.29. The molecule has 0 aliphatic carbocycles. The second-order valence-corrected chi connectivity index (χ2v) is 5.26. The third-order valence-corrected chi connectivity index (χ3v) is 3.99. The largest absolute Gasteiger partial charge is 0.438 e. The molecule has 0 atom stereocenters. The van der Waals surface area contributed by atoms with Crippen molar-refractivity contribution < 1.29 is 13.5 Å². The van der Waals surface area contributed by atoms with Gasteiger partial charge in [-0.3, -0.25) is 0 Å². The Hall–Kier alpha value is -2.08. The van der Waals surface area contributed by atoms with Crippen LogP contribution in [0.2, 0.25) is 0 Å². The first-order chi connectivity index (χ1) is 9.67. The molecule has 0 bridgehead atoms. The van der Waals surface area contributed by atoms with Crippen LogP contribution in [0.5, 0.6) is 11.6 Å². The Morgan fingerprint density at radius 3 is 2.75 bits per heavy atom. The normalized spacial score (nSPS) is 10.9. The van der Waals surface area contributed by atoms with E-state index >= 15 is 0 Å². The van der Waals surface area contributed by atoms with Gasteiger partial charge in [0.25, 0.3) is 0 Å². The lowest BCUT2D eigenvalue weighted by molar-refractivity contribution is 0.452. The molecular formula is C14H10F2N2OS. The summed E-state index contributed by atoms with van der Waals surface area (Å²) >= 11 is 1.56. The van der Waals surface area contributed by atoms with Crippen molar-refractivity contribution >= 4 is 21.6 Å². The number of rotatable bonds is 3. The first-order valence-corrected chi connectivity index (χ1v) is 6.85. The lowest BCUT2D eigenvalue weighted by atomic mass is 10.3. The number of thiophene rings is 1. The molecule has 0 fully saturated rings. The molecule has 0 aliphatic rings. The summed E-state index contributed by atoms with van der Waals surface area (Å²) in [5.74, 6) is -1.31. The summed E-state index contributed by atoms with van der Waals surface area (Å²) in [6, 6.07) is 5.33. The summed E-state index contributed by atoms with van der Waals surface area (Å²) < 4.78 is 31.6. The number of ether oxygens (including phenoxy) is 1. The van der Waals surface area contributed by atoms with Gasteiger partial charge in [0, 0.05) is 10.9 Å². The summed E-state index contributed by atoms with van der Waals surface area (Å²) in [4.78, 5) is 10.2. The summed E-state index contributed by atoms with van der Waals surface area (Å²) in [5, 5.41) is 0.777. The van der Waals surface area contributed by atoms with Gasteiger partial charge >= 0.3 is 0 Å². The second kappa shape index (κ2) is 5.13. The van der Waals surface area contributed by atoms with Crippen molar-refractivity contribution in [2.75, 3.05) is 0 Å². The van der Waals surface area contributed by atoms with Crippen molar-refractivity contribution in [1.82, 2.24) is 9.97 Å². The zero-order valence-corrected chi connectivity index (χ0v) is 11.4. The molecule has 0 unspecified atom stereocenters. The van der Waals surface area contributed by atoms with E-state index in [-0.39, 0.29) is 5.75 Å². The zero-order chi connectivity index (χ0) is 14.1. The van der Waals surface area contributed by atoms with E-state index in [1.54, 1.807) is 11.3 Å². The molecule has 0 spiro atoms. The van der Waals surface area contributed by atoms with Crippen LogP contribution in [0.1, 0.15) is 11.8 Å². The number of hydrogen-bond donors (Lipinski definition) is 0. The fourth-order valence-electron chi connectivity index (χ4n) is 1.79. The minimum Gasteiger partial charge on any atom is -0.438 e. The molecule has 0 amide bonds. The molecule has 0 radical (unpaired) electrons. The van der Waals surface area contributed by atoms with Gasteiger partial charge in [0.15, 0.2) is 11.6 Å². The molecule has 2 heterocycles. The van der Waals surface area contributed by atoms with E-state index in [2.05, 4.69) is 9.97 Å². The molecule has 2 aromatic heterocycles. The third kappa shape index (κ3) is 2.34. The first kappa shape index (κ1) is 12.9. The van der Waals surface area contributed by atoms with Gasteiger partial charge < -0.3 is 4.74 Å². The highest BCUT2D eigenvalue weighted by Gasteiger charge is 2.11. The van der Waals surface area contributed by atoms with Gasteiger partial charge in [0.2, 0.25) is 5.88 Å². The van der Waals surface area contributed by atoms with Gasteiger partial charge in [-0.2, -0.15) is 0 Å². The quantitative estimate of drug-likeness (QED) is 0.721. The molecule has 0 aliphatic heterocycles. The van der Waals surface area contributed by atoms with Crippen molar-refractivity contribution in [2.45, 2.75) is 13.3 Å². The summed E-state index contributed by atoms with van der Waals surface area (Å²) in [5.41, 5.74) is 0. The smallest absolute Gasteiger partial charge is 0.231 e. The van der Waals surface area contributed by atoms with Gasteiger partial charge in [0.1, 0.15) is 16.9 Å². The van der Waals surface area contributed by atoms with E-state index in [0.29, 0.717) is 5.88 Å². The van der Waals surface area contributed by atoms with Crippen LogP contribution >= 0.6 is 11.3 Å². The monoisotopic (exact) mass is 292 g/mol. The number of nitrogens with zero attached hydrogens (tertiary/aromatic N) is 2. The van der Waals surface area contributed by atoms with Gasteiger partial charge in [-0.1, -0.05) is 6.92 Å². The van der Waals surface area contributed by atoms with Crippen LogP contribution in [0.4, 0.5) is 8.78 Å². The highest BCUT2D eigenvalue weighted by molar-refractivity contribution is 7.18. The van der Waals surface area contributed by atoms with Crippen LogP contribution in [-0.4, -0.2) is 9.97 Å². The lowest BCUT2D eigenvalue weighted by Crippen LogP contribution is -1.91. The molecule has 20 heavy (non-hydrogen) atoms. The zero-order valence-electron chi connectivity index (χ0n) is 10.6. The average Bonchev–Trinajstić information content (AvgIpc) is 2.87. The van der Waals surface area contributed by atoms with Crippen LogP contribution in [0.3, 0.4) is 0 Å². The van der Waals surface area contributed by atoms with E-state index in [4.69, 9.17) is 4.74 Å². The predicted molar refractivity (Wildman–Crippen MR) is 73.2 cm³/mol. The Bertz CT molecular complexity index is 773. The number of hydrogen-bond acceptors (Lipinski definition) is 4. The Morgan fingerprint density at radius 2 is 2.00 bits per heavy atom. The fraction of sp³-hybridized carbons (Fsp3) is 0.143. The number of halogens is 2. The van der Waals surface area contributed by atoms with Crippen LogP contribution < -0.4 is 4.74 Å². The van der Waals surface area contributed by atoms with Crippen molar-refractivity contribution in [3.05, 3.63) is 47.1 Å². The molecule has 1 aromatic carbocycles. The molecule has 0 saturated carbocycles. The minimum atomic E-state index is -0.952. The molecule has 3 aromatic rings. The molecule has 102 valence electrons. The third-order valence-electron chi connectivity index (χ3n) is 2.80. The van der Waals surface area contributed by atoms with Crippen LogP contribution in [0, 0.1) is 11.6 Å². The lowest BCUT2D eigenvalue weighted by Gasteiger charge is -2.05. The highest BCUT2D eigenvalue weighted by Crippen LogP contribution is 2.32. The maximum absolute atomic E-state index is 13.2. The Balaban J connectivity index is 2.01. The summed E-state index contributed by atoms with van der Waals surface area (Å²) in [6.45, 7) is 2.05. The maximum Gasteiger partial charge on any atom is 0.231 e. The Kier molecular flexibility index (Phi) is 3.31. The Labute approximate surface area is 117 Å². The second-order valence-electron chi connectivity index (χ2n) is 4.14. The molecule has 3 rings (SSSR count). The van der Waals surface area contributed by atoms with Crippen LogP contribution in [-0.2, 0) is 6.42 Å². The van der Waals surface area contributed by atoms with E-state index < -0.39 is 11.6 Å². The number of aryl methyl sites for hydroxylation is 1. The molecular weight excluding hydrogens is 282 g/mol. The Morgan fingerprint density at radius 1 is 1.15 bits per heavy atom.